The summed E-state index contributed by atoms with van der Waals surface area (Å²) < 4.78 is 10.9. The van der Waals surface area contributed by atoms with Crippen LogP contribution in [-0.2, 0) is 0 Å². The predicted octanol–water partition coefficient (Wildman–Crippen LogP) is 2.47. The molecule has 0 atom stereocenters. The summed E-state index contributed by atoms with van der Waals surface area (Å²) in [6.45, 7) is 1.98. The maximum Gasteiger partial charge on any atom is 0.219 e. The van der Waals surface area contributed by atoms with Gasteiger partial charge >= 0.3 is 0 Å². The lowest BCUT2D eigenvalue weighted by molar-refractivity contribution is 0.374. The van der Waals surface area contributed by atoms with Crippen LogP contribution in [0.2, 0.25) is 0 Å². The van der Waals surface area contributed by atoms with Crippen LogP contribution in [0.1, 0.15) is 11.1 Å². The van der Waals surface area contributed by atoms with Crippen LogP contribution in [0.15, 0.2) is 36.5 Å². The largest absolute Gasteiger partial charge is 0.493 e. The zero-order valence-corrected chi connectivity index (χ0v) is 10.8. The van der Waals surface area contributed by atoms with E-state index in [-0.39, 0.29) is 5.84 Å². The number of hydrogen-bond donors (Lipinski definition) is 2. The third kappa shape index (κ3) is 3.01. The van der Waals surface area contributed by atoms with Gasteiger partial charge < -0.3 is 15.2 Å². The van der Waals surface area contributed by atoms with Gasteiger partial charge in [0.25, 0.3) is 0 Å². The lowest BCUT2D eigenvalue weighted by Gasteiger charge is -2.10. The van der Waals surface area contributed by atoms with Crippen LogP contribution in [0.4, 0.5) is 0 Å². The Balaban J connectivity index is 2.23. The van der Waals surface area contributed by atoms with Gasteiger partial charge in [-0.25, -0.2) is 4.98 Å². The second-order valence-corrected chi connectivity index (χ2v) is 4.06. The number of nitrogen functional groups attached to an aromatic ring is 1. The van der Waals surface area contributed by atoms with Crippen molar-refractivity contribution in [2.75, 3.05) is 7.11 Å². The molecule has 0 saturated heterocycles. The van der Waals surface area contributed by atoms with Crippen molar-refractivity contribution in [3.05, 3.63) is 47.7 Å². The number of pyridine rings is 1. The van der Waals surface area contributed by atoms with Crippen LogP contribution in [-0.4, -0.2) is 17.9 Å². The van der Waals surface area contributed by atoms with Gasteiger partial charge in [-0.3, -0.25) is 5.41 Å². The van der Waals surface area contributed by atoms with Crippen molar-refractivity contribution >= 4 is 5.84 Å². The van der Waals surface area contributed by atoms with E-state index in [1.54, 1.807) is 19.2 Å². The van der Waals surface area contributed by atoms with E-state index in [1.165, 1.54) is 6.20 Å². The summed E-state index contributed by atoms with van der Waals surface area (Å²) in [4.78, 5) is 4.09. The number of ether oxygens (including phenoxy) is 2. The normalized spacial score (nSPS) is 10.0. The van der Waals surface area contributed by atoms with Gasteiger partial charge in [-0.15, -0.1) is 0 Å². The summed E-state index contributed by atoms with van der Waals surface area (Å²) in [5.41, 5.74) is 7.01. The minimum atomic E-state index is -0.0213. The highest BCUT2D eigenvalue weighted by atomic mass is 16.5. The molecule has 0 amide bonds. The van der Waals surface area contributed by atoms with Crippen molar-refractivity contribution in [2.24, 2.45) is 5.73 Å². The third-order valence-electron chi connectivity index (χ3n) is 2.58. The van der Waals surface area contributed by atoms with Gasteiger partial charge in [0.1, 0.15) is 5.84 Å². The number of hydrogen-bond acceptors (Lipinski definition) is 4. The van der Waals surface area contributed by atoms with Crippen LogP contribution >= 0.6 is 0 Å². The molecule has 0 bridgehead atoms. The first-order valence-electron chi connectivity index (χ1n) is 5.73. The second-order valence-electron chi connectivity index (χ2n) is 4.06. The Morgan fingerprint density at radius 1 is 1.21 bits per heavy atom. The van der Waals surface area contributed by atoms with Crippen molar-refractivity contribution in [3.63, 3.8) is 0 Å². The summed E-state index contributed by atoms with van der Waals surface area (Å²) in [5.74, 6) is 1.65. The van der Waals surface area contributed by atoms with E-state index in [0.717, 1.165) is 5.56 Å². The Morgan fingerprint density at radius 2 is 2.00 bits per heavy atom. The molecule has 0 aliphatic heterocycles. The summed E-state index contributed by atoms with van der Waals surface area (Å²) >= 11 is 0. The van der Waals surface area contributed by atoms with Gasteiger partial charge in [-0.1, -0.05) is 6.07 Å². The molecule has 5 nitrogen and oxygen atoms in total. The van der Waals surface area contributed by atoms with Crippen LogP contribution in [0.25, 0.3) is 0 Å². The SMILES string of the molecule is COc1cc(C)ccc1Oc1ccc(C(=N)N)cn1. The maximum atomic E-state index is 7.29. The first-order valence-corrected chi connectivity index (χ1v) is 5.73. The number of amidine groups is 1. The zero-order chi connectivity index (χ0) is 13.8. The molecule has 0 radical (unpaired) electrons. The Hall–Kier alpha value is -2.56. The summed E-state index contributed by atoms with van der Waals surface area (Å²) in [6.07, 6.45) is 1.50. The molecule has 0 fully saturated rings. The molecular weight excluding hydrogens is 242 g/mol. The highest BCUT2D eigenvalue weighted by Crippen LogP contribution is 2.31. The molecule has 0 saturated carbocycles. The fraction of sp³-hybridized carbons (Fsp3) is 0.143. The van der Waals surface area contributed by atoms with Gasteiger partial charge in [0.15, 0.2) is 11.5 Å². The molecule has 0 aliphatic rings. The smallest absolute Gasteiger partial charge is 0.219 e. The number of rotatable bonds is 4. The number of nitrogens with one attached hydrogen (secondary N) is 1. The molecule has 2 aromatic rings. The van der Waals surface area contributed by atoms with E-state index in [9.17, 15) is 0 Å². The Bertz CT molecular complexity index is 594. The number of benzene rings is 1. The number of nitrogens with two attached hydrogens (primary N) is 1. The molecule has 0 spiro atoms. The first kappa shape index (κ1) is 12.9. The summed E-state index contributed by atoms with van der Waals surface area (Å²) in [5, 5.41) is 7.29. The molecule has 98 valence electrons. The van der Waals surface area contributed by atoms with Crippen LogP contribution in [0, 0.1) is 12.3 Å². The molecule has 1 aromatic carbocycles. The van der Waals surface area contributed by atoms with E-state index in [1.807, 2.05) is 25.1 Å². The number of nitrogens with zero attached hydrogens (tertiary/aromatic N) is 1. The molecule has 19 heavy (non-hydrogen) atoms. The first-order chi connectivity index (χ1) is 9.10. The predicted molar refractivity (Wildman–Crippen MR) is 73.1 cm³/mol. The lowest BCUT2D eigenvalue weighted by atomic mass is 10.2. The summed E-state index contributed by atoms with van der Waals surface area (Å²) in [6, 6.07) is 9.00. The molecule has 0 aliphatic carbocycles. The average Bonchev–Trinajstić information content (AvgIpc) is 2.41. The van der Waals surface area contributed by atoms with Gasteiger partial charge in [-0.2, -0.15) is 0 Å². The van der Waals surface area contributed by atoms with Crippen molar-refractivity contribution in [1.82, 2.24) is 4.98 Å². The standard InChI is InChI=1S/C14H15N3O2/c1-9-3-5-11(12(7-9)18-2)19-13-6-4-10(8-17-13)14(15)16/h3-8H,1-2H3,(H3,15,16). The Kier molecular flexibility index (Phi) is 3.66. The summed E-state index contributed by atoms with van der Waals surface area (Å²) in [7, 11) is 1.59. The third-order valence-corrected chi connectivity index (χ3v) is 2.58. The van der Waals surface area contributed by atoms with Crippen LogP contribution in [0.3, 0.4) is 0 Å². The lowest BCUT2D eigenvalue weighted by Crippen LogP contribution is -2.11. The molecule has 5 heteroatoms. The molecule has 1 aromatic heterocycles. The topological polar surface area (TPSA) is 81.2 Å². The van der Waals surface area contributed by atoms with Gasteiger partial charge in [0, 0.05) is 17.8 Å². The zero-order valence-electron chi connectivity index (χ0n) is 10.8. The minimum absolute atomic E-state index is 0.0213. The molecule has 2 rings (SSSR count). The van der Waals surface area contributed by atoms with E-state index in [0.29, 0.717) is 22.9 Å². The Labute approximate surface area is 111 Å². The van der Waals surface area contributed by atoms with Crippen molar-refractivity contribution in [1.29, 1.82) is 5.41 Å². The van der Waals surface area contributed by atoms with Crippen LogP contribution < -0.4 is 15.2 Å². The van der Waals surface area contributed by atoms with Gasteiger partial charge in [0.05, 0.1) is 7.11 Å². The number of aromatic nitrogens is 1. The van der Waals surface area contributed by atoms with Gasteiger partial charge in [-0.05, 0) is 30.7 Å². The van der Waals surface area contributed by atoms with Crippen molar-refractivity contribution < 1.29 is 9.47 Å². The van der Waals surface area contributed by atoms with E-state index < -0.39 is 0 Å². The second kappa shape index (κ2) is 5.39. The number of aryl methyl sites for hydroxylation is 1. The molecule has 1 heterocycles. The van der Waals surface area contributed by atoms with Crippen molar-refractivity contribution in [3.8, 4) is 17.4 Å². The fourth-order valence-corrected chi connectivity index (χ4v) is 1.57. The van der Waals surface area contributed by atoms with E-state index in [4.69, 9.17) is 20.6 Å². The quantitative estimate of drug-likeness (QED) is 0.651. The fourth-order valence-electron chi connectivity index (χ4n) is 1.57. The monoisotopic (exact) mass is 257 g/mol. The van der Waals surface area contributed by atoms with E-state index in [2.05, 4.69) is 4.98 Å². The van der Waals surface area contributed by atoms with Gasteiger partial charge in [0.2, 0.25) is 5.88 Å². The van der Waals surface area contributed by atoms with E-state index >= 15 is 0 Å². The highest BCUT2D eigenvalue weighted by molar-refractivity contribution is 5.94. The molecule has 0 unspecified atom stereocenters. The highest BCUT2D eigenvalue weighted by Gasteiger charge is 2.07. The minimum Gasteiger partial charge on any atom is -0.493 e. The maximum absolute atomic E-state index is 7.29. The van der Waals surface area contributed by atoms with Crippen LogP contribution in [0.5, 0.6) is 17.4 Å². The average molecular weight is 257 g/mol. The molecular formula is C14H15N3O2. The number of methoxy groups -OCH3 is 1. The molecule has 3 N–H and O–H groups in total. The van der Waals surface area contributed by atoms with Crippen molar-refractivity contribution in [2.45, 2.75) is 6.92 Å². The Morgan fingerprint density at radius 3 is 2.58 bits per heavy atom.